The van der Waals surface area contributed by atoms with Gasteiger partial charge in [0.05, 0.1) is 0 Å². The van der Waals surface area contributed by atoms with E-state index in [9.17, 15) is 0 Å². The van der Waals surface area contributed by atoms with Crippen LogP contribution in [0.25, 0.3) is 75.8 Å². The molecule has 0 heterocycles. The minimum Gasteiger partial charge on any atom is -0.440 e. The highest BCUT2D eigenvalue weighted by molar-refractivity contribution is 7.27. The molecule has 0 saturated carbocycles. The lowest BCUT2D eigenvalue weighted by Crippen LogP contribution is -2.13. The van der Waals surface area contributed by atoms with Gasteiger partial charge in [0.1, 0.15) is 45.6 Å². The van der Waals surface area contributed by atoms with Gasteiger partial charge in [0.25, 0.3) is 18.1 Å². The standard InChI is InChI=1S/C62H40O8P2/c63-61(65-53-33-13-23-39-17-1-7-27-45(39)53)51-37-43-21-5-11-31-49(43)57(59(51)69-71-67-55-35-15-25-41-19-3-9-29-47(41)55)58-50-32-12-6-22-44(50)38-52(62(64)66-54-34-14-24-40-18-2-8-28-46(40)54)60(58)70-72-68-56-36-16-26-42-20-4-10-30-48(42)56/h1-38,71-72H. The van der Waals surface area contributed by atoms with Gasteiger partial charge in [-0.15, -0.1) is 0 Å². The lowest BCUT2D eigenvalue weighted by atomic mass is 9.88. The summed E-state index contributed by atoms with van der Waals surface area (Å²) in [4.78, 5) is 30.2. The normalized spacial score (nSPS) is 11.6. The van der Waals surface area contributed by atoms with Crippen molar-refractivity contribution in [2.45, 2.75) is 0 Å². The van der Waals surface area contributed by atoms with E-state index in [4.69, 9.17) is 27.6 Å². The quantitative estimate of drug-likeness (QED) is 0.0641. The van der Waals surface area contributed by atoms with Gasteiger partial charge in [-0.25, -0.2) is 9.59 Å². The Morgan fingerprint density at radius 1 is 0.278 bits per heavy atom. The van der Waals surface area contributed by atoms with Gasteiger partial charge in [-0.1, -0.05) is 194 Å². The third-order valence-electron chi connectivity index (χ3n) is 12.7. The van der Waals surface area contributed by atoms with Gasteiger partial charge < -0.3 is 27.6 Å². The number of hydrogen-bond acceptors (Lipinski definition) is 8. The van der Waals surface area contributed by atoms with Crippen LogP contribution >= 0.6 is 18.1 Å². The summed E-state index contributed by atoms with van der Waals surface area (Å²) in [5.74, 6) is 0.961. The van der Waals surface area contributed by atoms with Crippen LogP contribution in [0.1, 0.15) is 20.7 Å². The van der Waals surface area contributed by atoms with Gasteiger partial charge >= 0.3 is 11.9 Å². The number of rotatable bonds is 13. The number of carbonyl (C=O) groups is 2. The molecule has 0 saturated heterocycles. The smallest absolute Gasteiger partial charge is 0.347 e. The molecule has 2 unspecified atom stereocenters. The van der Waals surface area contributed by atoms with Crippen LogP contribution < -0.4 is 27.6 Å². The summed E-state index contributed by atoms with van der Waals surface area (Å²) in [5, 5.41) is 9.98. The fourth-order valence-electron chi connectivity index (χ4n) is 9.33. The predicted molar refractivity (Wildman–Crippen MR) is 292 cm³/mol. The molecule has 2 atom stereocenters. The van der Waals surface area contributed by atoms with Crippen molar-refractivity contribution in [2.24, 2.45) is 0 Å². The first-order valence-electron chi connectivity index (χ1n) is 23.2. The summed E-state index contributed by atoms with van der Waals surface area (Å²) in [7, 11) is -1.30. The number of esters is 2. The molecule has 0 aliphatic heterocycles. The number of hydrogen-bond donors (Lipinski definition) is 0. The van der Waals surface area contributed by atoms with Crippen LogP contribution in [0.3, 0.4) is 0 Å². The molecule has 0 aliphatic carbocycles. The predicted octanol–water partition coefficient (Wildman–Crippen LogP) is 16.6. The molecular weight excluding hydrogens is 935 g/mol. The molecular formula is C62H40O8P2. The van der Waals surface area contributed by atoms with Crippen LogP contribution in [0.15, 0.2) is 231 Å². The maximum absolute atomic E-state index is 15.1. The number of carbonyl (C=O) groups excluding carboxylic acids is 2. The first-order chi connectivity index (χ1) is 35.6. The number of ether oxygens (including phenoxy) is 2. The van der Waals surface area contributed by atoms with E-state index in [-0.39, 0.29) is 22.6 Å². The average Bonchev–Trinajstić information content (AvgIpc) is 3.43. The van der Waals surface area contributed by atoms with Crippen molar-refractivity contribution >= 4 is 94.6 Å². The third-order valence-corrected chi connectivity index (χ3v) is 13.9. The van der Waals surface area contributed by atoms with Crippen molar-refractivity contribution in [3.63, 3.8) is 0 Å². The maximum Gasteiger partial charge on any atom is 0.347 e. The fourth-order valence-corrected chi connectivity index (χ4v) is 10.5. The van der Waals surface area contributed by atoms with Crippen molar-refractivity contribution in [3.05, 3.63) is 242 Å². The summed E-state index contributed by atoms with van der Waals surface area (Å²) in [5.41, 5.74) is 1.18. The van der Waals surface area contributed by atoms with Gasteiger partial charge in [0.2, 0.25) is 0 Å². The Labute approximate surface area is 417 Å². The summed E-state index contributed by atoms with van der Waals surface area (Å²) in [6, 6.07) is 73.2. The van der Waals surface area contributed by atoms with E-state index >= 15 is 9.59 Å². The molecule has 12 rings (SSSR count). The Balaban J connectivity index is 1.07. The second-order valence-electron chi connectivity index (χ2n) is 17.0. The first-order valence-corrected chi connectivity index (χ1v) is 24.8. The fraction of sp³-hybridized carbons (Fsp3) is 0. The largest absolute Gasteiger partial charge is 0.440 e. The monoisotopic (exact) mass is 974 g/mol. The zero-order valence-electron chi connectivity index (χ0n) is 38.2. The highest BCUT2D eigenvalue weighted by Gasteiger charge is 2.31. The minimum atomic E-state index is -0.664. The highest BCUT2D eigenvalue weighted by atomic mass is 31.1. The Bertz CT molecular complexity index is 3800. The van der Waals surface area contributed by atoms with E-state index in [0.717, 1.165) is 43.1 Å². The van der Waals surface area contributed by atoms with E-state index < -0.39 is 30.0 Å². The topological polar surface area (TPSA) is 89.5 Å². The first kappa shape index (κ1) is 44.4. The minimum absolute atomic E-state index is 0.124. The van der Waals surface area contributed by atoms with Crippen LogP contribution in [0, 0.1) is 0 Å². The molecule has 0 radical (unpaired) electrons. The molecule has 12 aromatic rings. The third kappa shape index (κ3) is 8.54. The van der Waals surface area contributed by atoms with Gasteiger partial charge in [-0.05, 0) is 79.5 Å². The zero-order chi connectivity index (χ0) is 48.4. The van der Waals surface area contributed by atoms with Gasteiger partial charge in [0.15, 0.2) is 0 Å². The molecule has 0 fully saturated rings. The van der Waals surface area contributed by atoms with E-state index in [1.807, 2.05) is 206 Å². The van der Waals surface area contributed by atoms with Gasteiger partial charge in [-0.2, -0.15) is 0 Å². The van der Waals surface area contributed by atoms with Crippen LogP contribution in [-0.2, 0) is 0 Å². The molecule has 8 nitrogen and oxygen atoms in total. The summed E-state index contributed by atoms with van der Waals surface area (Å²) >= 11 is 0. The molecule has 346 valence electrons. The van der Waals surface area contributed by atoms with Crippen molar-refractivity contribution < 1.29 is 37.2 Å². The Hall–Kier alpha value is -8.80. The van der Waals surface area contributed by atoms with E-state index in [2.05, 4.69) is 0 Å². The van der Waals surface area contributed by atoms with Crippen LogP contribution in [-0.4, -0.2) is 11.9 Å². The molecule has 0 bridgehead atoms. The molecule has 12 aromatic carbocycles. The summed E-state index contributed by atoms with van der Waals surface area (Å²) in [6.07, 6.45) is 0. The highest BCUT2D eigenvalue weighted by Crippen LogP contribution is 2.52. The van der Waals surface area contributed by atoms with Crippen LogP contribution in [0.5, 0.6) is 34.5 Å². The van der Waals surface area contributed by atoms with Crippen molar-refractivity contribution in [2.75, 3.05) is 0 Å². The van der Waals surface area contributed by atoms with Crippen LogP contribution in [0.4, 0.5) is 0 Å². The average molecular weight is 975 g/mol. The molecule has 0 N–H and O–H groups in total. The molecule has 0 spiro atoms. The number of fused-ring (bicyclic) bond motifs is 6. The Kier molecular flexibility index (Phi) is 12.1. The maximum atomic E-state index is 15.1. The second kappa shape index (κ2) is 19.5. The lowest BCUT2D eigenvalue weighted by molar-refractivity contribution is 0.0725. The Morgan fingerprint density at radius 3 is 0.917 bits per heavy atom. The van der Waals surface area contributed by atoms with Crippen molar-refractivity contribution in [1.82, 2.24) is 0 Å². The van der Waals surface area contributed by atoms with E-state index in [1.165, 1.54) is 0 Å². The SMILES string of the molecule is O=C(Oc1cccc2ccccc12)c1cc2ccccc2c(-c2c(OPOc3cccc4ccccc34)c(C(=O)Oc3cccc4ccccc34)cc3ccccc23)c1OPOc1cccc2ccccc12. The molecule has 0 aliphatic rings. The van der Waals surface area contributed by atoms with Crippen molar-refractivity contribution in [1.29, 1.82) is 0 Å². The summed E-state index contributed by atoms with van der Waals surface area (Å²) < 4.78 is 39.5. The number of benzene rings is 12. The summed E-state index contributed by atoms with van der Waals surface area (Å²) in [6.45, 7) is 0. The van der Waals surface area contributed by atoms with Gasteiger partial charge in [0, 0.05) is 32.7 Å². The molecule has 0 amide bonds. The molecule has 72 heavy (non-hydrogen) atoms. The van der Waals surface area contributed by atoms with E-state index in [1.54, 1.807) is 24.3 Å². The van der Waals surface area contributed by atoms with E-state index in [0.29, 0.717) is 55.7 Å². The molecule has 10 heteroatoms. The van der Waals surface area contributed by atoms with Gasteiger partial charge in [-0.3, -0.25) is 0 Å². The second-order valence-corrected chi connectivity index (χ2v) is 18.1. The molecule has 0 aromatic heterocycles. The Morgan fingerprint density at radius 2 is 0.556 bits per heavy atom. The van der Waals surface area contributed by atoms with Crippen molar-refractivity contribution in [3.8, 4) is 45.6 Å². The van der Waals surface area contributed by atoms with Crippen LogP contribution in [0.2, 0.25) is 0 Å². The lowest BCUT2D eigenvalue weighted by Gasteiger charge is -2.23. The zero-order valence-corrected chi connectivity index (χ0v) is 40.2.